The average Bonchev–Trinajstić information content (AvgIpc) is 2.32. The number of hydrogen-bond acceptors (Lipinski definition) is 1. The highest BCUT2D eigenvalue weighted by atomic mass is 19.1. The molecular weight excluding hydrogens is 236 g/mol. The molecule has 0 atom stereocenters. The Hall–Kier alpha value is -2.23. The molecule has 0 spiro atoms. The largest absolute Gasteiger partial charge is 0.326 e. The minimum atomic E-state index is -0.373. The molecule has 92 valence electrons. The van der Waals surface area contributed by atoms with Gasteiger partial charge in [0.2, 0.25) is 5.91 Å². The minimum Gasteiger partial charge on any atom is -0.326 e. The fraction of sp³-hybridized carbons (Fsp3) is 0.0714. The maximum atomic E-state index is 12.9. The van der Waals surface area contributed by atoms with Gasteiger partial charge < -0.3 is 5.32 Å². The lowest BCUT2D eigenvalue weighted by molar-refractivity contribution is -0.115. The van der Waals surface area contributed by atoms with Gasteiger partial charge in [0.05, 0.1) is 6.42 Å². The van der Waals surface area contributed by atoms with Crippen LogP contribution in [0.5, 0.6) is 0 Å². The highest BCUT2D eigenvalue weighted by Crippen LogP contribution is 2.10. The fourth-order valence-electron chi connectivity index (χ4n) is 1.57. The van der Waals surface area contributed by atoms with Crippen LogP contribution in [-0.2, 0) is 11.2 Å². The highest BCUT2D eigenvalue weighted by molar-refractivity contribution is 5.92. The number of halogens is 2. The van der Waals surface area contributed by atoms with Gasteiger partial charge in [-0.2, -0.15) is 0 Å². The summed E-state index contributed by atoms with van der Waals surface area (Å²) in [6, 6.07) is 11.3. The van der Waals surface area contributed by atoms with Crippen molar-refractivity contribution in [3.05, 3.63) is 65.7 Å². The number of hydrogen-bond donors (Lipinski definition) is 1. The summed E-state index contributed by atoms with van der Waals surface area (Å²) in [6.45, 7) is 0. The average molecular weight is 247 g/mol. The van der Waals surface area contributed by atoms with Gasteiger partial charge >= 0.3 is 0 Å². The van der Waals surface area contributed by atoms with Crippen molar-refractivity contribution in [2.75, 3.05) is 5.32 Å². The Bertz CT molecular complexity index is 552. The van der Waals surface area contributed by atoms with E-state index in [-0.39, 0.29) is 24.0 Å². The lowest BCUT2D eigenvalue weighted by atomic mass is 10.1. The van der Waals surface area contributed by atoms with Gasteiger partial charge in [0, 0.05) is 5.69 Å². The van der Waals surface area contributed by atoms with Gasteiger partial charge in [-0.05, 0) is 42.0 Å². The van der Waals surface area contributed by atoms with Crippen molar-refractivity contribution in [2.45, 2.75) is 6.42 Å². The van der Waals surface area contributed by atoms with Crippen molar-refractivity contribution in [2.24, 2.45) is 0 Å². The molecule has 4 heteroatoms. The topological polar surface area (TPSA) is 29.1 Å². The Morgan fingerprint density at radius 1 is 1.00 bits per heavy atom. The van der Waals surface area contributed by atoms with Crippen LogP contribution in [0.3, 0.4) is 0 Å². The Kier molecular flexibility index (Phi) is 3.67. The Balaban J connectivity index is 1.98. The summed E-state index contributed by atoms with van der Waals surface area (Å²) < 4.78 is 25.6. The maximum Gasteiger partial charge on any atom is 0.228 e. The normalized spacial score (nSPS) is 10.1. The molecule has 2 aromatic rings. The zero-order chi connectivity index (χ0) is 13.0. The van der Waals surface area contributed by atoms with Gasteiger partial charge in [0.25, 0.3) is 0 Å². The van der Waals surface area contributed by atoms with Crippen molar-refractivity contribution < 1.29 is 13.6 Å². The van der Waals surface area contributed by atoms with Gasteiger partial charge in [0.1, 0.15) is 11.6 Å². The van der Waals surface area contributed by atoms with E-state index >= 15 is 0 Å². The first-order valence-corrected chi connectivity index (χ1v) is 5.43. The second-order valence-corrected chi connectivity index (χ2v) is 3.86. The molecule has 0 bridgehead atoms. The molecule has 0 aliphatic rings. The fourth-order valence-corrected chi connectivity index (χ4v) is 1.57. The Labute approximate surface area is 103 Å². The Morgan fingerprint density at radius 2 is 1.72 bits per heavy atom. The van der Waals surface area contributed by atoms with E-state index in [0.29, 0.717) is 11.3 Å². The van der Waals surface area contributed by atoms with Crippen molar-refractivity contribution in [3.63, 3.8) is 0 Å². The number of rotatable bonds is 3. The molecule has 2 aromatic carbocycles. The van der Waals surface area contributed by atoms with Crippen molar-refractivity contribution in [1.29, 1.82) is 0 Å². The van der Waals surface area contributed by atoms with E-state index in [1.807, 2.05) is 0 Å². The number of benzene rings is 2. The SMILES string of the molecule is O=C(Cc1cccc(F)c1)Nc1ccc(F)cc1. The second-order valence-electron chi connectivity index (χ2n) is 3.86. The van der Waals surface area contributed by atoms with Crippen LogP contribution in [-0.4, -0.2) is 5.91 Å². The van der Waals surface area contributed by atoms with Crippen LogP contribution < -0.4 is 5.32 Å². The summed E-state index contributed by atoms with van der Waals surface area (Å²) in [7, 11) is 0. The van der Waals surface area contributed by atoms with Crippen LogP contribution in [0.2, 0.25) is 0 Å². The molecule has 2 nitrogen and oxygen atoms in total. The predicted molar refractivity (Wildman–Crippen MR) is 65.1 cm³/mol. The highest BCUT2D eigenvalue weighted by Gasteiger charge is 2.04. The number of carbonyl (C=O) groups is 1. The van der Waals surface area contributed by atoms with E-state index < -0.39 is 0 Å². The molecule has 0 aliphatic heterocycles. The summed E-state index contributed by atoms with van der Waals surface area (Å²) in [5, 5.41) is 2.61. The zero-order valence-electron chi connectivity index (χ0n) is 9.49. The molecule has 0 unspecified atom stereocenters. The van der Waals surface area contributed by atoms with E-state index in [4.69, 9.17) is 0 Å². The summed E-state index contributed by atoms with van der Waals surface area (Å²) in [5.74, 6) is -1.01. The first-order valence-electron chi connectivity index (χ1n) is 5.43. The van der Waals surface area contributed by atoms with Crippen LogP contribution in [0.25, 0.3) is 0 Å². The molecule has 18 heavy (non-hydrogen) atoms. The van der Waals surface area contributed by atoms with Gasteiger partial charge in [-0.25, -0.2) is 8.78 Å². The summed E-state index contributed by atoms with van der Waals surface area (Å²) in [5.41, 5.74) is 1.10. The Morgan fingerprint density at radius 3 is 2.39 bits per heavy atom. The number of anilines is 1. The standard InChI is InChI=1S/C14H11F2NO/c15-11-4-6-13(7-5-11)17-14(18)9-10-2-1-3-12(16)8-10/h1-8H,9H2,(H,17,18). The monoisotopic (exact) mass is 247 g/mol. The predicted octanol–water partition coefficient (Wildman–Crippen LogP) is 3.15. The third-order valence-corrected chi connectivity index (χ3v) is 2.38. The number of carbonyl (C=O) groups excluding carboxylic acids is 1. The second kappa shape index (κ2) is 5.40. The molecule has 0 saturated heterocycles. The smallest absolute Gasteiger partial charge is 0.228 e. The molecule has 1 amide bonds. The third-order valence-electron chi connectivity index (χ3n) is 2.38. The van der Waals surface area contributed by atoms with E-state index in [0.717, 1.165) is 0 Å². The molecule has 1 N–H and O–H groups in total. The van der Waals surface area contributed by atoms with Crippen LogP contribution in [0, 0.1) is 11.6 Å². The minimum absolute atomic E-state index is 0.0785. The molecule has 0 fully saturated rings. The molecule has 0 aliphatic carbocycles. The first kappa shape index (κ1) is 12.2. The summed E-state index contributed by atoms with van der Waals surface area (Å²) in [6.07, 6.45) is 0.0785. The van der Waals surface area contributed by atoms with Gasteiger partial charge in [-0.3, -0.25) is 4.79 Å². The van der Waals surface area contributed by atoms with Crippen molar-refractivity contribution in [1.82, 2.24) is 0 Å². The van der Waals surface area contributed by atoms with Crippen molar-refractivity contribution >= 4 is 11.6 Å². The summed E-state index contributed by atoms with van der Waals surface area (Å²) >= 11 is 0. The lowest BCUT2D eigenvalue weighted by Crippen LogP contribution is -2.14. The third kappa shape index (κ3) is 3.38. The summed E-state index contributed by atoms with van der Waals surface area (Å²) in [4.78, 5) is 11.7. The molecule has 2 rings (SSSR count). The van der Waals surface area contributed by atoms with Crippen LogP contribution in [0.4, 0.5) is 14.5 Å². The molecular formula is C14H11F2NO. The molecule has 0 saturated carbocycles. The lowest BCUT2D eigenvalue weighted by Gasteiger charge is -2.05. The first-order chi connectivity index (χ1) is 8.63. The molecule has 0 radical (unpaired) electrons. The number of amides is 1. The van der Waals surface area contributed by atoms with Crippen LogP contribution in [0.15, 0.2) is 48.5 Å². The van der Waals surface area contributed by atoms with Crippen LogP contribution in [0.1, 0.15) is 5.56 Å². The quantitative estimate of drug-likeness (QED) is 0.886. The van der Waals surface area contributed by atoms with Gasteiger partial charge in [0.15, 0.2) is 0 Å². The zero-order valence-corrected chi connectivity index (χ0v) is 9.49. The molecule has 0 heterocycles. The van der Waals surface area contributed by atoms with E-state index in [1.54, 1.807) is 12.1 Å². The maximum absolute atomic E-state index is 12.9. The van der Waals surface area contributed by atoms with Crippen LogP contribution >= 0.6 is 0 Å². The van der Waals surface area contributed by atoms with E-state index in [9.17, 15) is 13.6 Å². The van der Waals surface area contributed by atoms with Crippen molar-refractivity contribution in [3.8, 4) is 0 Å². The number of nitrogens with one attached hydrogen (secondary N) is 1. The van der Waals surface area contributed by atoms with Gasteiger partial charge in [-0.15, -0.1) is 0 Å². The molecule has 0 aromatic heterocycles. The van der Waals surface area contributed by atoms with Gasteiger partial charge in [-0.1, -0.05) is 12.1 Å². The van der Waals surface area contributed by atoms with E-state index in [2.05, 4.69) is 5.32 Å². The van der Waals surface area contributed by atoms with E-state index in [1.165, 1.54) is 36.4 Å².